The van der Waals surface area contributed by atoms with Crippen LogP contribution in [0, 0.1) is 3.57 Å². The first-order valence-electron chi connectivity index (χ1n) is 8.82. The lowest BCUT2D eigenvalue weighted by Gasteiger charge is -2.32. The fourth-order valence-corrected chi connectivity index (χ4v) is 3.92. The lowest BCUT2D eigenvalue weighted by atomic mass is 10.0. The van der Waals surface area contributed by atoms with E-state index < -0.39 is 0 Å². The van der Waals surface area contributed by atoms with E-state index in [1.165, 1.54) is 51.8 Å². The molecule has 130 valence electrons. The third-order valence-corrected chi connectivity index (χ3v) is 5.97. The van der Waals surface area contributed by atoms with Crippen molar-refractivity contribution in [1.82, 2.24) is 19.8 Å². The molecule has 0 spiro atoms. The molecule has 1 N–H and O–H groups in total. The smallest absolute Gasteiger partial charge is 0.138 e. The molecular formula is C20H23IN4. The molecule has 0 amide bonds. The summed E-state index contributed by atoms with van der Waals surface area (Å²) in [4.78, 5) is 12.7. The van der Waals surface area contributed by atoms with E-state index in [9.17, 15) is 0 Å². The molecule has 5 heteroatoms. The zero-order chi connectivity index (χ0) is 17.2. The minimum absolute atomic E-state index is 0.956. The van der Waals surface area contributed by atoms with Gasteiger partial charge in [-0.15, -0.1) is 0 Å². The average molecular weight is 446 g/mol. The fourth-order valence-electron chi connectivity index (χ4n) is 3.35. The molecule has 0 radical (unpaired) electrons. The Morgan fingerprint density at radius 3 is 2.60 bits per heavy atom. The van der Waals surface area contributed by atoms with Crippen molar-refractivity contribution in [2.75, 3.05) is 39.8 Å². The number of piperazine rings is 1. The Kier molecular flexibility index (Phi) is 5.05. The van der Waals surface area contributed by atoms with Crippen molar-refractivity contribution in [3.8, 4) is 11.1 Å². The molecule has 0 saturated carbocycles. The fraction of sp³-hybridized carbons (Fsp3) is 0.350. The van der Waals surface area contributed by atoms with Crippen LogP contribution in [-0.2, 0) is 6.42 Å². The first kappa shape index (κ1) is 17.0. The van der Waals surface area contributed by atoms with Gasteiger partial charge in [0, 0.05) is 59.6 Å². The molecule has 1 aromatic carbocycles. The maximum atomic E-state index is 4.53. The highest BCUT2D eigenvalue weighted by Gasteiger charge is 2.13. The standard InChI is InChI=1S/C20H23IN4/c1-24-8-10-25(11-9-24)7-6-15-2-4-16(5-3-15)17-12-18-19(21)14-23-20(18)22-13-17/h2-5,12-14H,6-11H2,1H3,(H,22,23). The van der Waals surface area contributed by atoms with Crippen molar-refractivity contribution in [2.24, 2.45) is 0 Å². The number of H-pyrrole nitrogens is 1. The highest BCUT2D eigenvalue weighted by atomic mass is 127. The van der Waals surface area contributed by atoms with Crippen molar-refractivity contribution < 1.29 is 0 Å². The van der Waals surface area contributed by atoms with E-state index in [0.717, 1.165) is 18.6 Å². The number of fused-ring (bicyclic) bond motifs is 1. The van der Waals surface area contributed by atoms with Crippen LogP contribution in [-0.4, -0.2) is 59.5 Å². The predicted molar refractivity (Wildman–Crippen MR) is 112 cm³/mol. The quantitative estimate of drug-likeness (QED) is 0.622. The van der Waals surface area contributed by atoms with E-state index >= 15 is 0 Å². The van der Waals surface area contributed by atoms with Gasteiger partial charge in [0.1, 0.15) is 5.65 Å². The second-order valence-electron chi connectivity index (χ2n) is 6.85. The summed E-state index contributed by atoms with van der Waals surface area (Å²) < 4.78 is 1.21. The Morgan fingerprint density at radius 1 is 1.08 bits per heavy atom. The van der Waals surface area contributed by atoms with Crippen LogP contribution in [0.15, 0.2) is 42.7 Å². The number of halogens is 1. The summed E-state index contributed by atoms with van der Waals surface area (Å²) in [7, 11) is 2.21. The van der Waals surface area contributed by atoms with Crippen LogP contribution in [0.3, 0.4) is 0 Å². The zero-order valence-corrected chi connectivity index (χ0v) is 16.7. The monoisotopic (exact) mass is 446 g/mol. The number of aromatic amines is 1. The molecule has 0 unspecified atom stereocenters. The number of rotatable bonds is 4. The molecule has 1 aliphatic heterocycles. The normalized spacial score (nSPS) is 16.6. The van der Waals surface area contributed by atoms with E-state index in [2.05, 4.69) is 79.7 Å². The van der Waals surface area contributed by atoms with Gasteiger partial charge in [-0.25, -0.2) is 4.98 Å². The molecule has 1 aliphatic rings. The van der Waals surface area contributed by atoms with Crippen LogP contribution in [0.5, 0.6) is 0 Å². The number of pyridine rings is 1. The number of benzene rings is 1. The molecule has 25 heavy (non-hydrogen) atoms. The van der Waals surface area contributed by atoms with Crippen molar-refractivity contribution >= 4 is 33.6 Å². The Bertz CT molecular complexity index is 848. The van der Waals surface area contributed by atoms with Gasteiger partial charge in [0.15, 0.2) is 0 Å². The Morgan fingerprint density at radius 2 is 1.84 bits per heavy atom. The first-order chi connectivity index (χ1) is 12.2. The molecule has 1 saturated heterocycles. The minimum atomic E-state index is 0.956. The molecule has 3 heterocycles. The molecule has 1 fully saturated rings. The zero-order valence-electron chi connectivity index (χ0n) is 14.5. The number of hydrogen-bond acceptors (Lipinski definition) is 3. The third-order valence-electron chi connectivity index (χ3n) is 5.08. The van der Waals surface area contributed by atoms with Gasteiger partial charge in [0.05, 0.1) is 0 Å². The molecular weight excluding hydrogens is 423 g/mol. The van der Waals surface area contributed by atoms with Crippen LogP contribution in [0.2, 0.25) is 0 Å². The van der Waals surface area contributed by atoms with Crippen LogP contribution in [0.25, 0.3) is 22.2 Å². The molecule has 0 bridgehead atoms. The third kappa shape index (κ3) is 3.88. The van der Waals surface area contributed by atoms with Gasteiger partial charge in [-0.3, -0.25) is 0 Å². The lowest BCUT2D eigenvalue weighted by molar-refractivity contribution is 0.155. The van der Waals surface area contributed by atoms with E-state index in [0.29, 0.717) is 0 Å². The summed E-state index contributed by atoms with van der Waals surface area (Å²) in [6.07, 6.45) is 5.08. The van der Waals surface area contributed by atoms with Crippen LogP contribution in [0.4, 0.5) is 0 Å². The van der Waals surface area contributed by atoms with E-state index in [1.54, 1.807) is 0 Å². The number of nitrogens with one attached hydrogen (secondary N) is 1. The summed E-state index contributed by atoms with van der Waals surface area (Å²) in [6, 6.07) is 11.2. The van der Waals surface area contributed by atoms with Gasteiger partial charge in [0.2, 0.25) is 0 Å². The maximum Gasteiger partial charge on any atom is 0.138 e. The summed E-state index contributed by atoms with van der Waals surface area (Å²) >= 11 is 2.35. The number of likely N-dealkylation sites (N-methyl/N-ethyl adjacent to an activating group) is 1. The van der Waals surface area contributed by atoms with Gasteiger partial charge in [-0.2, -0.15) is 0 Å². The maximum absolute atomic E-state index is 4.53. The van der Waals surface area contributed by atoms with Crippen molar-refractivity contribution in [3.05, 3.63) is 51.9 Å². The molecule has 4 rings (SSSR count). The number of nitrogens with zero attached hydrogens (tertiary/aromatic N) is 3. The van der Waals surface area contributed by atoms with E-state index in [4.69, 9.17) is 0 Å². The van der Waals surface area contributed by atoms with Gasteiger partial charge < -0.3 is 14.8 Å². The number of hydrogen-bond donors (Lipinski definition) is 1. The highest BCUT2D eigenvalue weighted by molar-refractivity contribution is 14.1. The molecule has 2 aromatic heterocycles. The van der Waals surface area contributed by atoms with E-state index in [1.807, 2.05) is 12.4 Å². The average Bonchev–Trinajstić information content (AvgIpc) is 3.02. The summed E-state index contributed by atoms with van der Waals surface area (Å²) in [5.41, 5.74) is 4.77. The van der Waals surface area contributed by atoms with Crippen LogP contribution in [0.1, 0.15) is 5.56 Å². The molecule has 0 atom stereocenters. The summed E-state index contributed by atoms with van der Waals surface area (Å²) in [6.45, 7) is 5.91. The molecule has 0 aliphatic carbocycles. The Hall–Kier alpha value is -1.44. The van der Waals surface area contributed by atoms with Crippen molar-refractivity contribution in [1.29, 1.82) is 0 Å². The lowest BCUT2D eigenvalue weighted by Crippen LogP contribution is -2.45. The Balaban J connectivity index is 1.43. The highest BCUT2D eigenvalue weighted by Crippen LogP contribution is 2.25. The molecule has 4 nitrogen and oxygen atoms in total. The number of aromatic nitrogens is 2. The Labute approximate surface area is 162 Å². The topological polar surface area (TPSA) is 35.2 Å². The minimum Gasteiger partial charge on any atom is -0.345 e. The second-order valence-corrected chi connectivity index (χ2v) is 8.01. The van der Waals surface area contributed by atoms with Gasteiger partial charge in [-0.05, 0) is 53.3 Å². The van der Waals surface area contributed by atoms with Crippen LogP contribution < -0.4 is 0 Å². The van der Waals surface area contributed by atoms with Crippen LogP contribution >= 0.6 is 22.6 Å². The largest absolute Gasteiger partial charge is 0.345 e. The van der Waals surface area contributed by atoms with Crippen molar-refractivity contribution in [3.63, 3.8) is 0 Å². The van der Waals surface area contributed by atoms with Crippen molar-refractivity contribution in [2.45, 2.75) is 6.42 Å². The predicted octanol–water partition coefficient (Wildman–Crippen LogP) is 3.62. The van der Waals surface area contributed by atoms with E-state index in [-0.39, 0.29) is 0 Å². The molecule has 3 aromatic rings. The first-order valence-corrected chi connectivity index (χ1v) is 9.90. The van der Waals surface area contributed by atoms with Gasteiger partial charge in [0.25, 0.3) is 0 Å². The van der Waals surface area contributed by atoms with Gasteiger partial charge >= 0.3 is 0 Å². The second kappa shape index (κ2) is 7.43. The van der Waals surface area contributed by atoms with Gasteiger partial charge in [-0.1, -0.05) is 24.3 Å². The summed E-state index contributed by atoms with van der Waals surface area (Å²) in [5, 5.41) is 1.19. The summed E-state index contributed by atoms with van der Waals surface area (Å²) in [5.74, 6) is 0. The SMILES string of the molecule is CN1CCN(CCc2ccc(-c3cnc4[nH]cc(I)c4c3)cc2)CC1.